The maximum Gasteiger partial charge on any atom is 0.336 e. The van der Waals surface area contributed by atoms with Crippen molar-refractivity contribution in [3.05, 3.63) is 44.7 Å². The summed E-state index contributed by atoms with van der Waals surface area (Å²) in [4.78, 5) is 24.0. The van der Waals surface area contributed by atoms with E-state index < -0.39 is 11.6 Å². The molecule has 1 N–H and O–H groups in total. The standard InChI is InChI=1S/C15H12BrNO4/c1-2-5-17(9-14(18)19)8-10-6-15(20)21-13-7-11(16)3-4-12(10)13/h1,3-4,6-7H,5,8-9H2,(H,18,19). The van der Waals surface area contributed by atoms with Gasteiger partial charge in [0.1, 0.15) is 5.58 Å². The van der Waals surface area contributed by atoms with Crippen LogP contribution in [0.3, 0.4) is 0 Å². The predicted octanol–water partition coefficient (Wildman–Crippen LogP) is 2.08. The van der Waals surface area contributed by atoms with Crippen LogP contribution < -0.4 is 5.63 Å². The number of carboxylic acids is 1. The Morgan fingerprint density at radius 2 is 2.19 bits per heavy atom. The third-order valence-corrected chi connectivity index (χ3v) is 3.35. The lowest BCUT2D eigenvalue weighted by Crippen LogP contribution is -2.30. The number of carbonyl (C=O) groups is 1. The number of terminal acetylenes is 1. The van der Waals surface area contributed by atoms with Crippen LogP contribution in [0.5, 0.6) is 0 Å². The van der Waals surface area contributed by atoms with Crippen molar-refractivity contribution < 1.29 is 14.3 Å². The van der Waals surface area contributed by atoms with Crippen molar-refractivity contribution in [3.63, 3.8) is 0 Å². The number of carboxylic acid groups (broad SMARTS) is 1. The van der Waals surface area contributed by atoms with Crippen LogP contribution in [0.2, 0.25) is 0 Å². The van der Waals surface area contributed by atoms with Gasteiger partial charge in [-0.2, -0.15) is 0 Å². The Labute approximate surface area is 129 Å². The Balaban J connectivity index is 2.43. The molecule has 0 atom stereocenters. The fourth-order valence-electron chi connectivity index (χ4n) is 2.06. The summed E-state index contributed by atoms with van der Waals surface area (Å²) in [7, 11) is 0. The second kappa shape index (κ2) is 6.57. The van der Waals surface area contributed by atoms with Crippen molar-refractivity contribution in [2.75, 3.05) is 13.1 Å². The molecule has 0 radical (unpaired) electrons. The van der Waals surface area contributed by atoms with Crippen LogP contribution >= 0.6 is 15.9 Å². The van der Waals surface area contributed by atoms with Gasteiger partial charge in [0.25, 0.3) is 0 Å². The van der Waals surface area contributed by atoms with E-state index in [1.807, 2.05) is 12.1 Å². The zero-order valence-corrected chi connectivity index (χ0v) is 12.6. The van der Waals surface area contributed by atoms with E-state index in [4.69, 9.17) is 15.9 Å². The highest BCUT2D eigenvalue weighted by molar-refractivity contribution is 9.10. The highest BCUT2D eigenvalue weighted by atomic mass is 79.9. The summed E-state index contributed by atoms with van der Waals surface area (Å²) in [5.41, 5.74) is 0.652. The fourth-order valence-corrected chi connectivity index (χ4v) is 2.40. The molecule has 0 saturated heterocycles. The number of hydrogen-bond donors (Lipinski definition) is 1. The molecule has 0 bridgehead atoms. The van der Waals surface area contributed by atoms with Gasteiger partial charge in [0.2, 0.25) is 0 Å². The van der Waals surface area contributed by atoms with Crippen LogP contribution in [-0.2, 0) is 11.3 Å². The van der Waals surface area contributed by atoms with Crippen molar-refractivity contribution >= 4 is 32.9 Å². The number of rotatable bonds is 5. The molecule has 1 aromatic carbocycles. The minimum atomic E-state index is -0.972. The van der Waals surface area contributed by atoms with Crippen molar-refractivity contribution in [1.82, 2.24) is 4.90 Å². The SMILES string of the molecule is C#CCN(CC(=O)O)Cc1cc(=O)oc2cc(Br)ccc12. The average Bonchev–Trinajstić information content (AvgIpc) is 2.37. The van der Waals surface area contributed by atoms with E-state index in [0.717, 1.165) is 9.86 Å². The Hall–Kier alpha value is -2.10. The van der Waals surface area contributed by atoms with Gasteiger partial charge < -0.3 is 9.52 Å². The Kier molecular flexibility index (Phi) is 4.78. The number of benzene rings is 1. The fraction of sp³-hybridized carbons (Fsp3) is 0.200. The highest BCUT2D eigenvalue weighted by Gasteiger charge is 2.13. The summed E-state index contributed by atoms with van der Waals surface area (Å²) in [6, 6.07) is 6.70. The Morgan fingerprint density at radius 1 is 1.43 bits per heavy atom. The number of aliphatic carboxylic acids is 1. The van der Waals surface area contributed by atoms with Gasteiger partial charge in [-0.05, 0) is 23.8 Å². The van der Waals surface area contributed by atoms with Gasteiger partial charge in [0.05, 0.1) is 13.1 Å². The molecule has 1 heterocycles. The minimum Gasteiger partial charge on any atom is -0.480 e. The summed E-state index contributed by atoms with van der Waals surface area (Å²) >= 11 is 3.31. The van der Waals surface area contributed by atoms with Gasteiger partial charge in [-0.15, -0.1) is 6.42 Å². The Morgan fingerprint density at radius 3 is 2.86 bits per heavy atom. The maximum atomic E-state index is 11.6. The molecule has 108 valence electrons. The van der Waals surface area contributed by atoms with Crippen LogP contribution in [0.1, 0.15) is 5.56 Å². The second-order valence-electron chi connectivity index (χ2n) is 4.47. The zero-order valence-electron chi connectivity index (χ0n) is 11.0. The lowest BCUT2D eigenvalue weighted by Gasteiger charge is -2.18. The Bertz CT molecular complexity index is 775. The molecule has 0 amide bonds. The predicted molar refractivity (Wildman–Crippen MR) is 81.9 cm³/mol. The van der Waals surface area contributed by atoms with Gasteiger partial charge in [0.15, 0.2) is 0 Å². The lowest BCUT2D eigenvalue weighted by molar-refractivity contribution is -0.138. The van der Waals surface area contributed by atoms with Gasteiger partial charge in [-0.1, -0.05) is 21.9 Å². The highest BCUT2D eigenvalue weighted by Crippen LogP contribution is 2.22. The van der Waals surface area contributed by atoms with Crippen molar-refractivity contribution in [3.8, 4) is 12.3 Å². The van der Waals surface area contributed by atoms with Crippen molar-refractivity contribution in [2.24, 2.45) is 0 Å². The van der Waals surface area contributed by atoms with E-state index >= 15 is 0 Å². The molecule has 2 aromatic rings. The number of fused-ring (bicyclic) bond motifs is 1. The smallest absolute Gasteiger partial charge is 0.336 e. The van der Waals surface area contributed by atoms with E-state index in [0.29, 0.717) is 11.1 Å². The molecule has 0 aliphatic rings. The zero-order chi connectivity index (χ0) is 15.4. The molecular weight excluding hydrogens is 338 g/mol. The van der Waals surface area contributed by atoms with E-state index in [9.17, 15) is 9.59 Å². The number of hydrogen-bond acceptors (Lipinski definition) is 4. The molecular formula is C15H12BrNO4. The van der Waals surface area contributed by atoms with Gasteiger partial charge in [-0.3, -0.25) is 9.69 Å². The van der Waals surface area contributed by atoms with Crippen molar-refractivity contribution in [1.29, 1.82) is 0 Å². The normalized spacial score (nSPS) is 10.7. The summed E-state index contributed by atoms with van der Waals surface area (Å²) in [5.74, 6) is 1.45. The third kappa shape index (κ3) is 3.94. The number of halogens is 1. The molecule has 1 aromatic heterocycles. The van der Waals surface area contributed by atoms with Gasteiger partial charge >= 0.3 is 11.6 Å². The molecule has 21 heavy (non-hydrogen) atoms. The third-order valence-electron chi connectivity index (χ3n) is 2.86. The average molecular weight is 350 g/mol. The van der Waals surface area contributed by atoms with E-state index in [2.05, 4.69) is 21.9 Å². The largest absolute Gasteiger partial charge is 0.480 e. The first-order chi connectivity index (χ1) is 9.99. The van der Waals surface area contributed by atoms with Crippen LogP contribution in [0.4, 0.5) is 0 Å². The summed E-state index contributed by atoms with van der Waals surface area (Å²) < 4.78 is 5.94. The molecule has 0 aliphatic heterocycles. The van der Waals surface area contributed by atoms with E-state index in [-0.39, 0.29) is 19.6 Å². The topological polar surface area (TPSA) is 70.8 Å². The molecule has 5 nitrogen and oxygen atoms in total. The quantitative estimate of drug-likeness (QED) is 0.660. The molecule has 6 heteroatoms. The summed E-state index contributed by atoms with van der Waals surface area (Å²) in [5, 5.41) is 9.65. The van der Waals surface area contributed by atoms with Crippen LogP contribution in [0.25, 0.3) is 11.0 Å². The molecule has 0 spiro atoms. The lowest BCUT2D eigenvalue weighted by atomic mass is 10.1. The van der Waals surface area contributed by atoms with Crippen molar-refractivity contribution in [2.45, 2.75) is 6.54 Å². The number of nitrogens with zero attached hydrogens (tertiary/aromatic N) is 1. The van der Waals surface area contributed by atoms with E-state index in [1.165, 1.54) is 6.07 Å². The van der Waals surface area contributed by atoms with Crippen LogP contribution in [0.15, 0.2) is 37.9 Å². The molecule has 0 unspecified atom stereocenters. The second-order valence-corrected chi connectivity index (χ2v) is 5.39. The molecule has 0 saturated carbocycles. The maximum absolute atomic E-state index is 11.6. The van der Waals surface area contributed by atoms with Gasteiger partial charge in [0, 0.05) is 22.5 Å². The summed E-state index contributed by atoms with van der Waals surface area (Å²) in [6.07, 6.45) is 5.25. The first kappa shape index (κ1) is 15.3. The molecule has 0 fully saturated rings. The first-order valence-corrected chi connectivity index (χ1v) is 6.89. The monoisotopic (exact) mass is 349 g/mol. The summed E-state index contributed by atoms with van der Waals surface area (Å²) in [6.45, 7) is 0.257. The van der Waals surface area contributed by atoms with E-state index in [1.54, 1.807) is 11.0 Å². The van der Waals surface area contributed by atoms with Crippen LogP contribution in [0, 0.1) is 12.3 Å². The molecule has 2 rings (SSSR count). The minimum absolute atomic E-state index is 0.185. The van der Waals surface area contributed by atoms with Gasteiger partial charge in [-0.25, -0.2) is 4.79 Å². The van der Waals surface area contributed by atoms with Crippen LogP contribution in [-0.4, -0.2) is 29.1 Å². The first-order valence-electron chi connectivity index (χ1n) is 6.09. The molecule has 0 aliphatic carbocycles.